The van der Waals surface area contributed by atoms with Crippen LogP contribution in [0.5, 0.6) is 0 Å². The highest BCUT2D eigenvalue weighted by Crippen LogP contribution is 2.27. The van der Waals surface area contributed by atoms with E-state index < -0.39 is 0 Å². The number of rotatable bonds is 4. The van der Waals surface area contributed by atoms with Crippen molar-refractivity contribution in [3.63, 3.8) is 0 Å². The van der Waals surface area contributed by atoms with Gasteiger partial charge in [-0.3, -0.25) is 4.79 Å². The molecule has 1 aromatic heterocycles. The third-order valence-corrected chi connectivity index (χ3v) is 3.57. The molecule has 1 aromatic rings. The zero-order chi connectivity index (χ0) is 14.5. The van der Waals surface area contributed by atoms with Gasteiger partial charge < -0.3 is 20.3 Å². The number of nitrogens with one attached hydrogen (secondary N) is 2. The molecule has 0 aliphatic carbocycles. The van der Waals surface area contributed by atoms with Gasteiger partial charge in [-0.25, -0.2) is 4.98 Å². The van der Waals surface area contributed by atoms with Crippen molar-refractivity contribution in [2.75, 3.05) is 43.6 Å². The zero-order valence-electron chi connectivity index (χ0n) is 11.5. The van der Waals surface area contributed by atoms with Crippen molar-refractivity contribution in [2.45, 2.75) is 13.0 Å². The predicted molar refractivity (Wildman–Crippen MR) is 79.9 cm³/mol. The minimum absolute atomic E-state index is 0.0831. The third kappa shape index (κ3) is 3.18. The van der Waals surface area contributed by atoms with E-state index in [2.05, 4.69) is 36.5 Å². The van der Waals surface area contributed by atoms with Crippen LogP contribution in [0.25, 0.3) is 0 Å². The van der Waals surface area contributed by atoms with Crippen molar-refractivity contribution in [1.82, 2.24) is 15.3 Å². The Kier molecular flexibility index (Phi) is 5.13. The van der Waals surface area contributed by atoms with Gasteiger partial charge in [0.15, 0.2) is 0 Å². The van der Waals surface area contributed by atoms with E-state index >= 15 is 0 Å². The highest BCUT2D eigenvalue weighted by atomic mass is 79.9. The summed E-state index contributed by atoms with van der Waals surface area (Å²) in [5.74, 6) is 1.17. The largest absolute Gasteiger partial charge is 0.377 e. The highest BCUT2D eigenvalue weighted by Gasteiger charge is 2.31. The minimum Gasteiger partial charge on any atom is -0.377 e. The van der Waals surface area contributed by atoms with E-state index in [0.29, 0.717) is 31.5 Å². The van der Waals surface area contributed by atoms with Gasteiger partial charge in [0.2, 0.25) is 11.9 Å². The lowest BCUT2D eigenvalue weighted by Gasteiger charge is -2.35. The summed E-state index contributed by atoms with van der Waals surface area (Å²) >= 11 is 3.45. The quantitative estimate of drug-likeness (QED) is 0.834. The molecule has 1 aliphatic rings. The summed E-state index contributed by atoms with van der Waals surface area (Å²) in [7, 11) is 1.62. The fourth-order valence-corrected chi connectivity index (χ4v) is 2.46. The fraction of sp³-hybridized carbons (Fsp3) is 0.583. The number of carbonyl (C=O) groups is 1. The number of ether oxygens (including phenoxy) is 1. The van der Waals surface area contributed by atoms with Gasteiger partial charge in [0.25, 0.3) is 0 Å². The van der Waals surface area contributed by atoms with Crippen molar-refractivity contribution in [2.24, 2.45) is 0 Å². The monoisotopic (exact) mass is 343 g/mol. The van der Waals surface area contributed by atoms with Gasteiger partial charge in [-0.1, -0.05) is 0 Å². The number of carbonyl (C=O) groups excluding carboxylic acids is 1. The predicted octanol–water partition coefficient (Wildman–Crippen LogP) is 0.622. The normalized spacial score (nSPS) is 18.8. The fourth-order valence-electron chi connectivity index (χ4n) is 2.04. The molecule has 0 saturated carbocycles. The Balaban J connectivity index is 2.31. The van der Waals surface area contributed by atoms with E-state index in [1.807, 2.05) is 11.8 Å². The minimum atomic E-state index is -0.380. The summed E-state index contributed by atoms with van der Waals surface area (Å²) in [6, 6.07) is -0.380. The van der Waals surface area contributed by atoms with E-state index in [1.54, 1.807) is 13.2 Å². The Morgan fingerprint density at radius 2 is 2.45 bits per heavy atom. The van der Waals surface area contributed by atoms with E-state index in [0.717, 1.165) is 11.0 Å². The Labute approximate surface area is 126 Å². The smallest absolute Gasteiger partial charge is 0.244 e. The lowest BCUT2D eigenvalue weighted by Crippen LogP contribution is -2.53. The average Bonchev–Trinajstić information content (AvgIpc) is 2.49. The second-order valence-corrected chi connectivity index (χ2v) is 5.15. The lowest BCUT2D eigenvalue weighted by atomic mass is 10.2. The second kappa shape index (κ2) is 6.85. The van der Waals surface area contributed by atoms with E-state index in [1.165, 1.54) is 0 Å². The molecule has 0 spiro atoms. The molecule has 0 bridgehead atoms. The van der Waals surface area contributed by atoms with Gasteiger partial charge in [0.1, 0.15) is 11.9 Å². The SMILES string of the molecule is CCNc1ncc(Br)c(N2CCOCC2C(=O)NC)n1. The number of amides is 1. The van der Waals surface area contributed by atoms with Gasteiger partial charge in [0, 0.05) is 26.3 Å². The third-order valence-electron chi connectivity index (χ3n) is 3.01. The Hall–Kier alpha value is -1.41. The van der Waals surface area contributed by atoms with E-state index in [-0.39, 0.29) is 11.9 Å². The molecule has 110 valence electrons. The molecule has 1 amide bonds. The number of morpholine rings is 1. The Bertz CT molecular complexity index is 485. The topological polar surface area (TPSA) is 79.4 Å². The molecule has 2 N–H and O–H groups in total. The maximum Gasteiger partial charge on any atom is 0.244 e. The molecule has 1 saturated heterocycles. The first-order chi connectivity index (χ1) is 9.67. The van der Waals surface area contributed by atoms with Gasteiger partial charge in [-0.15, -0.1) is 0 Å². The zero-order valence-corrected chi connectivity index (χ0v) is 13.1. The van der Waals surface area contributed by atoms with Crippen LogP contribution in [0.15, 0.2) is 10.7 Å². The van der Waals surface area contributed by atoms with Crippen LogP contribution in [-0.2, 0) is 9.53 Å². The molecule has 1 fully saturated rings. The molecule has 1 aliphatic heterocycles. The summed E-state index contributed by atoms with van der Waals surface area (Å²) in [5, 5.41) is 5.73. The van der Waals surface area contributed by atoms with Crippen LogP contribution in [0.4, 0.5) is 11.8 Å². The summed E-state index contributed by atoms with van der Waals surface area (Å²) in [5.41, 5.74) is 0. The number of hydrogen-bond donors (Lipinski definition) is 2. The second-order valence-electron chi connectivity index (χ2n) is 4.29. The molecule has 0 aromatic carbocycles. The molecule has 8 heteroatoms. The van der Waals surface area contributed by atoms with Crippen molar-refractivity contribution in [3.05, 3.63) is 10.7 Å². The van der Waals surface area contributed by atoms with Gasteiger partial charge in [0.05, 0.1) is 17.7 Å². The van der Waals surface area contributed by atoms with Crippen LogP contribution in [0.3, 0.4) is 0 Å². The van der Waals surface area contributed by atoms with Gasteiger partial charge in [-0.05, 0) is 22.9 Å². The maximum absolute atomic E-state index is 12.0. The molecule has 2 heterocycles. The summed E-state index contributed by atoms with van der Waals surface area (Å²) in [6.45, 7) is 4.25. The summed E-state index contributed by atoms with van der Waals surface area (Å²) in [4.78, 5) is 22.6. The first kappa shape index (κ1) is 15.0. The van der Waals surface area contributed by atoms with Crippen molar-refractivity contribution in [1.29, 1.82) is 0 Å². The van der Waals surface area contributed by atoms with Gasteiger partial charge in [-0.2, -0.15) is 4.98 Å². The highest BCUT2D eigenvalue weighted by molar-refractivity contribution is 9.10. The Morgan fingerprint density at radius 3 is 3.15 bits per heavy atom. The van der Waals surface area contributed by atoms with E-state index in [4.69, 9.17) is 4.74 Å². The first-order valence-corrected chi connectivity index (χ1v) is 7.29. The average molecular weight is 344 g/mol. The van der Waals surface area contributed by atoms with E-state index in [9.17, 15) is 4.79 Å². The van der Waals surface area contributed by atoms with Crippen molar-refractivity contribution < 1.29 is 9.53 Å². The van der Waals surface area contributed by atoms with Crippen LogP contribution in [0, 0.1) is 0 Å². The number of halogens is 1. The number of hydrogen-bond acceptors (Lipinski definition) is 6. The molecular weight excluding hydrogens is 326 g/mol. The Morgan fingerprint density at radius 1 is 1.65 bits per heavy atom. The summed E-state index contributed by atoms with van der Waals surface area (Å²) in [6.07, 6.45) is 1.69. The maximum atomic E-state index is 12.0. The van der Waals surface area contributed by atoms with Crippen LogP contribution in [-0.4, -0.2) is 55.3 Å². The molecular formula is C12H18BrN5O2. The number of aromatic nitrogens is 2. The molecule has 20 heavy (non-hydrogen) atoms. The van der Waals surface area contributed by atoms with Crippen LogP contribution < -0.4 is 15.5 Å². The molecule has 0 radical (unpaired) electrons. The van der Waals surface area contributed by atoms with Crippen LogP contribution in [0.1, 0.15) is 6.92 Å². The molecule has 7 nitrogen and oxygen atoms in total. The van der Waals surface area contributed by atoms with Crippen molar-refractivity contribution >= 4 is 33.6 Å². The lowest BCUT2D eigenvalue weighted by molar-refractivity contribution is -0.124. The molecule has 1 unspecified atom stereocenters. The molecule has 2 rings (SSSR count). The number of likely N-dealkylation sites (N-methyl/N-ethyl adjacent to an activating group) is 1. The number of anilines is 2. The summed E-state index contributed by atoms with van der Waals surface area (Å²) < 4.78 is 6.16. The number of nitrogens with zero attached hydrogens (tertiary/aromatic N) is 3. The standard InChI is InChI=1S/C12H18BrN5O2/c1-3-15-12-16-6-8(13)10(17-12)18-4-5-20-7-9(18)11(19)14-2/h6,9H,3-5,7H2,1-2H3,(H,14,19)(H,15,16,17). The molecule has 1 atom stereocenters. The van der Waals surface area contributed by atoms with Crippen molar-refractivity contribution in [3.8, 4) is 0 Å². The van der Waals surface area contributed by atoms with Crippen LogP contribution in [0.2, 0.25) is 0 Å². The first-order valence-electron chi connectivity index (χ1n) is 6.49. The van der Waals surface area contributed by atoms with Crippen LogP contribution >= 0.6 is 15.9 Å². The van der Waals surface area contributed by atoms with Gasteiger partial charge >= 0.3 is 0 Å².